The predicted molar refractivity (Wildman–Crippen MR) is 183 cm³/mol. The lowest BCUT2D eigenvalue weighted by molar-refractivity contribution is -0.117. The van der Waals surface area contributed by atoms with E-state index in [0.29, 0.717) is 30.3 Å². The number of benzene rings is 1. The topological polar surface area (TPSA) is 162 Å². The number of anilines is 4. The number of nitrogens with one attached hydrogen (secondary N) is 4. The first-order valence-corrected chi connectivity index (χ1v) is 16.9. The third kappa shape index (κ3) is 6.07. The van der Waals surface area contributed by atoms with Crippen LogP contribution in [0, 0.1) is 5.92 Å². The average Bonchev–Trinajstić information content (AvgIpc) is 3.84. The van der Waals surface area contributed by atoms with E-state index >= 15 is 0 Å². The standard InChI is InChI=1S/C35H39N11O3/c1-36-34(48)27-11-4-8-22(38-27)16-45-17-23(18-45)46-29-19-44(2)32-24(25(29)15-37-46)9-5-10-26(32)40-28-14-30(41-33(47)20-12-13-20)42-43-31(28)35(49)39-21-6-3-7-21/h4-5,8-11,14-15,20-21,23H,3,6-7,12-13,16-19H2,1-2H3,(H,36,48)(H,39,49)(H2,40,41,42,47). The fraction of sp³-hybridized carbons (Fsp3) is 0.400. The minimum Gasteiger partial charge on any atom is -0.366 e. The van der Waals surface area contributed by atoms with Crippen LogP contribution in [0.4, 0.5) is 22.9 Å². The van der Waals surface area contributed by atoms with Crippen LogP contribution in [0.3, 0.4) is 0 Å². The molecule has 0 spiro atoms. The van der Waals surface area contributed by atoms with Gasteiger partial charge in [0, 0.05) is 62.9 Å². The van der Waals surface area contributed by atoms with Crippen molar-refractivity contribution in [1.82, 2.24) is 40.5 Å². The third-order valence-electron chi connectivity index (χ3n) is 9.85. The van der Waals surface area contributed by atoms with Crippen LogP contribution >= 0.6 is 0 Å². The van der Waals surface area contributed by atoms with Crippen LogP contribution in [0.5, 0.6) is 0 Å². The van der Waals surface area contributed by atoms with Crippen LogP contribution in [-0.2, 0) is 17.9 Å². The first kappa shape index (κ1) is 30.9. The summed E-state index contributed by atoms with van der Waals surface area (Å²) in [5.41, 5.74) is 7.00. The molecular formula is C35H39N11O3. The minimum absolute atomic E-state index is 0.0112. The fourth-order valence-corrected chi connectivity index (χ4v) is 6.78. The number of aromatic nitrogens is 5. The second-order valence-corrected chi connectivity index (χ2v) is 13.4. The molecule has 1 aromatic carbocycles. The smallest absolute Gasteiger partial charge is 0.274 e. The molecule has 0 bridgehead atoms. The number of fused-ring (bicyclic) bond motifs is 3. The molecule has 252 valence electrons. The van der Waals surface area contributed by atoms with Crippen molar-refractivity contribution in [2.45, 2.75) is 57.3 Å². The van der Waals surface area contributed by atoms with E-state index in [9.17, 15) is 14.4 Å². The summed E-state index contributed by atoms with van der Waals surface area (Å²) in [4.78, 5) is 46.9. The van der Waals surface area contributed by atoms with Crippen molar-refractivity contribution in [2.24, 2.45) is 5.92 Å². The lowest BCUT2D eigenvalue weighted by Gasteiger charge is -2.40. The van der Waals surface area contributed by atoms with Gasteiger partial charge in [-0.2, -0.15) is 5.10 Å². The highest BCUT2D eigenvalue weighted by Crippen LogP contribution is 2.45. The molecule has 3 aromatic heterocycles. The zero-order valence-electron chi connectivity index (χ0n) is 27.6. The van der Waals surface area contributed by atoms with E-state index in [1.165, 1.54) is 0 Å². The maximum atomic E-state index is 13.3. The summed E-state index contributed by atoms with van der Waals surface area (Å²) in [7, 11) is 3.66. The van der Waals surface area contributed by atoms with E-state index in [0.717, 1.165) is 79.1 Å². The summed E-state index contributed by atoms with van der Waals surface area (Å²) in [5.74, 6) is -0.229. The van der Waals surface area contributed by atoms with Gasteiger partial charge in [-0.25, -0.2) is 4.98 Å². The first-order chi connectivity index (χ1) is 23.8. The van der Waals surface area contributed by atoms with Gasteiger partial charge in [0.2, 0.25) is 5.91 Å². The van der Waals surface area contributed by atoms with E-state index in [1.54, 1.807) is 19.2 Å². The van der Waals surface area contributed by atoms with Crippen LogP contribution in [0.25, 0.3) is 11.1 Å². The average molecular weight is 662 g/mol. The summed E-state index contributed by atoms with van der Waals surface area (Å²) >= 11 is 0. The summed E-state index contributed by atoms with van der Waals surface area (Å²) in [6.07, 6.45) is 6.69. The number of hydrogen-bond donors (Lipinski definition) is 4. The Labute approximate surface area is 283 Å². The number of hydrogen-bond acceptors (Lipinski definition) is 10. The van der Waals surface area contributed by atoms with Gasteiger partial charge in [-0.1, -0.05) is 18.2 Å². The molecule has 3 amide bonds. The molecule has 5 heterocycles. The normalized spacial score (nSPS) is 17.3. The largest absolute Gasteiger partial charge is 0.366 e. The molecule has 8 rings (SSSR count). The van der Waals surface area contributed by atoms with Gasteiger partial charge in [0.1, 0.15) is 5.69 Å². The van der Waals surface area contributed by atoms with Crippen LogP contribution in [0.2, 0.25) is 0 Å². The van der Waals surface area contributed by atoms with Crippen molar-refractivity contribution >= 4 is 40.6 Å². The molecule has 4 aliphatic rings. The summed E-state index contributed by atoms with van der Waals surface area (Å²) < 4.78 is 2.14. The molecule has 1 saturated heterocycles. The zero-order valence-corrected chi connectivity index (χ0v) is 27.6. The Bertz CT molecular complexity index is 1940. The number of amides is 3. The number of para-hydroxylation sites is 1. The Hall–Kier alpha value is -5.37. The Morgan fingerprint density at radius 2 is 1.76 bits per heavy atom. The molecule has 49 heavy (non-hydrogen) atoms. The van der Waals surface area contributed by atoms with Crippen LogP contribution < -0.4 is 26.2 Å². The maximum absolute atomic E-state index is 13.3. The van der Waals surface area contributed by atoms with Gasteiger partial charge in [0.05, 0.1) is 47.2 Å². The molecule has 14 heteroatoms. The SMILES string of the molecule is CNC(=O)c1cccc(CN2CC(n3ncc4c3CN(C)c3c(Nc5cc(NC(=O)C6CC6)nnc5C(=O)NC5CCC5)cccc3-4)C2)n1. The van der Waals surface area contributed by atoms with Crippen LogP contribution in [-0.4, -0.2) is 80.8 Å². The first-order valence-electron chi connectivity index (χ1n) is 16.9. The van der Waals surface area contributed by atoms with Crippen LogP contribution in [0.1, 0.15) is 70.5 Å². The summed E-state index contributed by atoms with van der Waals surface area (Å²) in [5, 5.41) is 25.4. The van der Waals surface area contributed by atoms with Crippen molar-refractivity contribution in [3.8, 4) is 11.1 Å². The van der Waals surface area contributed by atoms with Crippen molar-refractivity contribution in [1.29, 1.82) is 0 Å². The van der Waals surface area contributed by atoms with E-state index in [1.807, 2.05) is 30.5 Å². The molecule has 4 N–H and O–H groups in total. The lowest BCUT2D eigenvalue weighted by atomic mass is 9.93. The molecule has 0 unspecified atom stereocenters. The Morgan fingerprint density at radius 3 is 2.51 bits per heavy atom. The number of nitrogens with zero attached hydrogens (tertiary/aromatic N) is 7. The van der Waals surface area contributed by atoms with Crippen molar-refractivity contribution < 1.29 is 14.4 Å². The van der Waals surface area contributed by atoms with Gasteiger partial charge in [0.25, 0.3) is 11.8 Å². The van der Waals surface area contributed by atoms with E-state index in [4.69, 9.17) is 5.10 Å². The highest BCUT2D eigenvalue weighted by molar-refractivity contribution is 6.01. The quantitative estimate of drug-likeness (QED) is 0.198. The number of pyridine rings is 1. The number of carbonyl (C=O) groups excluding carboxylic acids is 3. The Balaban J connectivity index is 1.02. The Morgan fingerprint density at radius 1 is 0.939 bits per heavy atom. The highest BCUT2D eigenvalue weighted by atomic mass is 16.2. The molecule has 2 saturated carbocycles. The van der Waals surface area contributed by atoms with Gasteiger partial charge >= 0.3 is 0 Å². The van der Waals surface area contributed by atoms with E-state index < -0.39 is 0 Å². The van der Waals surface area contributed by atoms with Gasteiger partial charge < -0.3 is 26.2 Å². The zero-order chi connectivity index (χ0) is 33.6. The van der Waals surface area contributed by atoms with Gasteiger partial charge in [-0.15, -0.1) is 10.2 Å². The predicted octanol–water partition coefficient (Wildman–Crippen LogP) is 3.48. The summed E-state index contributed by atoms with van der Waals surface area (Å²) in [6, 6.07) is 13.7. The second-order valence-electron chi connectivity index (χ2n) is 13.4. The Kier molecular flexibility index (Phi) is 7.94. The number of rotatable bonds is 10. The minimum atomic E-state index is -0.286. The van der Waals surface area contributed by atoms with Crippen molar-refractivity contribution in [2.75, 3.05) is 42.7 Å². The maximum Gasteiger partial charge on any atom is 0.274 e. The molecular weight excluding hydrogens is 622 g/mol. The van der Waals surface area contributed by atoms with E-state index in [-0.39, 0.29) is 41.4 Å². The molecule has 0 atom stereocenters. The molecule has 4 aromatic rings. The number of likely N-dealkylation sites (tertiary alicyclic amines) is 1. The van der Waals surface area contributed by atoms with Gasteiger partial charge in [-0.05, 0) is 50.3 Å². The molecule has 2 aliphatic carbocycles. The monoisotopic (exact) mass is 661 g/mol. The third-order valence-corrected chi connectivity index (χ3v) is 9.85. The van der Waals surface area contributed by atoms with Crippen LogP contribution in [0.15, 0.2) is 48.7 Å². The molecule has 3 fully saturated rings. The molecule has 0 radical (unpaired) electrons. The second kappa shape index (κ2) is 12.6. The number of carbonyl (C=O) groups is 3. The highest BCUT2D eigenvalue weighted by Gasteiger charge is 2.35. The van der Waals surface area contributed by atoms with Gasteiger partial charge in [0.15, 0.2) is 11.5 Å². The summed E-state index contributed by atoms with van der Waals surface area (Å²) in [6.45, 7) is 2.98. The molecule has 2 aliphatic heterocycles. The van der Waals surface area contributed by atoms with Gasteiger partial charge in [-0.3, -0.25) is 24.0 Å². The lowest BCUT2D eigenvalue weighted by Crippen LogP contribution is -2.48. The van der Waals surface area contributed by atoms with Crippen molar-refractivity contribution in [3.63, 3.8) is 0 Å². The van der Waals surface area contributed by atoms with E-state index in [2.05, 4.69) is 64.0 Å². The molecule has 14 nitrogen and oxygen atoms in total. The van der Waals surface area contributed by atoms with Crippen molar-refractivity contribution in [3.05, 3.63) is 71.4 Å². The fourth-order valence-electron chi connectivity index (χ4n) is 6.78.